The van der Waals surface area contributed by atoms with Gasteiger partial charge in [-0.15, -0.1) is 11.3 Å². The Labute approximate surface area is 105 Å². The van der Waals surface area contributed by atoms with E-state index in [2.05, 4.69) is 20.9 Å². The molecule has 0 aliphatic carbocycles. The molecule has 0 aliphatic heterocycles. The predicted molar refractivity (Wildman–Crippen MR) is 68.8 cm³/mol. The third-order valence-corrected chi connectivity index (χ3v) is 3.37. The molecule has 0 radical (unpaired) electrons. The second-order valence-corrected chi connectivity index (χ2v) is 5.50. The zero-order valence-electron chi connectivity index (χ0n) is 8.61. The summed E-state index contributed by atoms with van der Waals surface area (Å²) in [6.07, 6.45) is 3.47. The SMILES string of the molecule is Cc1cc(Br)cn(Cc2cnc(N)s2)c1=O. The number of nitrogens with zero attached hydrogens (tertiary/aromatic N) is 2. The highest BCUT2D eigenvalue weighted by molar-refractivity contribution is 9.10. The Balaban J connectivity index is 2.38. The van der Waals surface area contributed by atoms with Crippen molar-refractivity contribution < 1.29 is 0 Å². The van der Waals surface area contributed by atoms with E-state index in [0.717, 1.165) is 9.35 Å². The highest BCUT2D eigenvalue weighted by Gasteiger charge is 2.05. The summed E-state index contributed by atoms with van der Waals surface area (Å²) in [6.45, 7) is 2.30. The Morgan fingerprint density at radius 2 is 2.38 bits per heavy atom. The molecule has 2 N–H and O–H groups in total. The van der Waals surface area contributed by atoms with Gasteiger partial charge in [-0.25, -0.2) is 4.98 Å². The fourth-order valence-corrected chi connectivity index (χ4v) is 2.69. The molecule has 4 nitrogen and oxygen atoms in total. The number of nitrogens with two attached hydrogens (primary N) is 1. The maximum atomic E-state index is 11.8. The maximum absolute atomic E-state index is 11.8. The number of thiazole rings is 1. The lowest BCUT2D eigenvalue weighted by atomic mass is 10.3. The molecular formula is C10H10BrN3OS. The fourth-order valence-electron chi connectivity index (χ4n) is 1.42. The van der Waals surface area contributed by atoms with Crippen LogP contribution in [0.1, 0.15) is 10.4 Å². The van der Waals surface area contributed by atoms with Crippen molar-refractivity contribution in [3.63, 3.8) is 0 Å². The maximum Gasteiger partial charge on any atom is 0.253 e. The number of hydrogen-bond donors (Lipinski definition) is 1. The molecule has 2 heterocycles. The van der Waals surface area contributed by atoms with E-state index < -0.39 is 0 Å². The highest BCUT2D eigenvalue weighted by Crippen LogP contribution is 2.16. The summed E-state index contributed by atoms with van der Waals surface area (Å²) < 4.78 is 2.54. The van der Waals surface area contributed by atoms with Gasteiger partial charge in [0.15, 0.2) is 5.13 Å². The average Bonchev–Trinajstić information content (AvgIpc) is 2.60. The molecular weight excluding hydrogens is 290 g/mol. The van der Waals surface area contributed by atoms with E-state index in [4.69, 9.17) is 5.73 Å². The normalized spacial score (nSPS) is 10.6. The molecule has 0 saturated heterocycles. The first-order valence-corrected chi connectivity index (χ1v) is 6.24. The van der Waals surface area contributed by atoms with Gasteiger partial charge in [-0.05, 0) is 28.9 Å². The Kier molecular flexibility index (Phi) is 3.11. The molecule has 2 rings (SSSR count). The van der Waals surface area contributed by atoms with E-state index in [1.54, 1.807) is 30.0 Å². The molecule has 0 atom stereocenters. The molecule has 2 aromatic heterocycles. The first-order chi connectivity index (χ1) is 7.56. The minimum Gasteiger partial charge on any atom is -0.375 e. The predicted octanol–water partition coefficient (Wildman–Crippen LogP) is 2.01. The number of nitrogen functional groups attached to an aromatic ring is 1. The van der Waals surface area contributed by atoms with Gasteiger partial charge < -0.3 is 10.3 Å². The van der Waals surface area contributed by atoms with Crippen molar-refractivity contribution >= 4 is 32.4 Å². The van der Waals surface area contributed by atoms with E-state index in [1.165, 1.54) is 11.3 Å². The van der Waals surface area contributed by atoms with Crippen LogP contribution in [0, 0.1) is 6.92 Å². The molecule has 0 spiro atoms. The van der Waals surface area contributed by atoms with Crippen LogP contribution in [0.2, 0.25) is 0 Å². The molecule has 6 heteroatoms. The van der Waals surface area contributed by atoms with Crippen LogP contribution in [-0.2, 0) is 6.54 Å². The summed E-state index contributed by atoms with van der Waals surface area (Å²) in [5.41, 5.74) is 6.26. The third kappa shape index (κ3) is 2.33. The quantitative estimate of drug-likeness (QED) is 0.923. The smallest absolute Gasteiger partial charge is 0.253 e. The highest BCUT2D eigenvalue weighted by atomic mass is 79.9. The second-order valence-electron chi connectivity index (χ2n) is 3.44. The van der Waals surface area contributed by atoms with Gasteiger partial charge in [0.25, 0.3) is 5.56 Å². The van der Waals surface area contributed by atoms with Crippen LogP contribution in [0.4, 0.5) is 5.13 Å². The van der Waals surface area contributed by atoms with Crippen LogP contribution in [0.3, 0.4) is 0 Å². The standard InChI is InChI=1S/C10H10BrN3OS/c1-6-2-7(11)4-14(9(6)15)5-8-3-13-10(12)16-8/h2-4H,5H2,1H3,(H2,12,13). The topological polar surface area (TPSA) is 60.9 Å². The molecule has 0 aliphatic rings. The van der Waals surface area contributed by atoms with Crippen molar-refractivity contribution in [2.24, 2.45) is 0 Å². The van der Waals surface area contributed by atoms with Crippen molar-refractivity contribution in [3.05, 3.63) is 43.7 Å². The summed E-state index contributed by atoms with van der Waals surface area (Å²) in [7, 11) is 0. The number of rotatable bonds is 2. The van der Waals surface area contributed by atoms with Crippen LogP contribution in [0.15, 0.2) is 27.7 Å². The van der Waals surface area contributed by atoms with Gasteiger partial charge in [0.05, 0.1) is 6.54 Å². The van der Waals surface area contributed by atoms with Crippen LogP contribution >= 0.6 is 27.3 Å². The number of pyridine rings is 1. The van der Waals surface area contributed by atoms with Crippen LogP contribution in [0.25, 0.3) is 0 Å². The van der Waals surface area contributed by atoms with Crippen LogP contribution in [-0.4, -0.2) is 9.55 Å². The molecule has 0 fully saturated rings. The van der Waals surface area contributed by atoms with Crippen molar-refractivity contribution in [3.8, 4) is 0 Å². The molecule has 0 bridgehead atoms. The van der Waals surface area contributed by atoms with Gasteiger partial charge in [0, 0.05) is 27.3 Å². The largest absolute Gasteiger partial charge is 0.375 e. The minimum absolute atomic E-state index is 0.00942. The average molecular weight is 300 g/mol. The molecule has 2 aromatic rings. The Bertz CT molecular complexity index is 576. The fraction of sp³-hybridized carbons (Fsp3) is 0.200. The lowest BCUT2D eigenvalue weighted by Gasteiger charge is -2.05. The van der Waals surface area contributed by atoms with Gasteiger partial charge >= 0.3 is 0 Å². The lowest BCUT2D eigenvalue weighted by Crippen LogP contribution is -2.21. The van der Waals surface area contributed by atoms with Gasteiger partial charge in [0.1, 0.15) is 0 Å². The van der Waals surface area contributed by atoms with Gasteiger partial charge in [-0.2, -0.15) is 0 Å². The van der Waals surface area contributed by atoms with E-state index in [0.29, 0.717) is 17.2 Å². The number of anilines is 1. The zero-order valence-corrected chi connectivity index (χ0v) is 11.0. The van der Waals surface area contributed by atoms with Gasteiger partial charge in [-0.3, -0.25) is 4.79 Å². The zero-order chi connectivity index (χ0) is 11.7. The molecule has 84 valence electrons. The minimum atomic E-state index is 0.00942. The Morgan fingerprint density at radius 3 is 3.00 bits per heavy atom. The summed E-state index contributed by atoms with van der Waals surface area (Å²) in [6, 6.07) is 1.81. The molecule has 0 unspecified atom stereocenters. The van der Waals surface area contributed by atoms with Crippen LogP contribution < -0.4 is 11.3 Å². The van der Waals surface area contributed by atoms with Gasteiger partial charge in [0.2, 0.25) is 0 Å². The van der Waals surface area contributed by atoms with Crippen molar-refractivity contribution in [2.75, 3.05) is 5.73 Å². The number of aromatic nitrogens is 2. The number of hydrogen-bond acceptors (Lipinski definition) is 4. The molecule has 16 heavy (non-hydrogen) atoms. The molecule has 0 saturated carbocycles. The first-order valence-electron chi connectivity index (χ1n) is 4.63. The van der Waals surface area contributed by atoms with E-state index in [9.17, 15) is 4.79 Å². The van der Waals surface area contributed by atoms with Crippen molar-refractivity contribution in [1.82, 2.24) is 9.55 Å². The first kappa shape index (κ1) is 11.3. The van der Waals surface area contributed by atoms with E-state index in [-0.39, 0.29) is 5.56 Å². The Hall–Kier alpha value is -1.14. The monoisotopic (exact) mass is 299 g/mol. The lowest BCUT2D eigenvalue weighted by molar-refractivity contribution is 0.757. The number of halogens is 1. The van der Waals surface area contributed by atoms with Crippen molar-refractivity contribution in [1.29, 1.82) is 0 Å². The molecule has 0 amide bonds. The second kappa shape index (κ2) is 4.39. The third-order valence-electron chi connectivity index (χ3n) is 2.13. The Morgan fingerprint density at radius 1 is 1.62 bits per heavy atom. The summed E-state index contributed by atoms with van der Waals surface area (Å²) in [5, 5.41) is 0.523. The van der Waals surface area contributed by atoms with E-state index in [1.807, 2.05) is 0 Å². The summed E-state index contributed by atoms with van der Waals surface area (Å²) in [4.78, 5) is 16.8. The summed E-state index contributed by atoms with van der Waals surface area (Å²) in [5.74, 6) is 0. The molecule has 0 aromatic carbocycles. The van der Waals surface area contributed by atoms with E-state index >= 15 is 0 Å². The van der Waals surface area contributed by atoms with Gasteiger partial charge in [-0.1, -0.05) is 0 Å². The van der Waals surface area contributed by atoms with Crippen molar-refractivity contribution in [2.45, 2.75) is 13.5 Å². The van der Waals surface area contributed by atoms with Crippen LogP contribution in [0.5, 0.6) is 0 Å². The summed E-state index contributed by atoms with van der Waals surface area (Å²) >= 11 is 4.76. The number of aryl methyl sites for hydroxylation is 1.